The van der Waals surface area contributed by atoms with Crippen molar-refractivity contribution in [1.82, 2.24) is 10.6 Å². The van der Waals surface area contributed by atoms with Crippen molar-refractivity contribution >= 4 is 28.9 Å². The number of nitrogens with one attached hydrogen (secondary N) is 2. The average molecular weight is 344 g/mol. The van der Waals surface area contributed by atoms with Crippen molar-refractivity contribution < 1.29 is 4.74 Å². The van der Waals surface area contributed by atoms with Gasteiger partial charge >= 0.3 is 0 Å². The van der Waals surface area contributed by atoms with E-state index in [4.69, 9.17) is 16.3 Å². The topological polar surface area (TPSA) is 45.7 Å². The Kier molecular flexibility index (Phi) is 6.99. The third kappa shape index (κ3) is 5.14. The van der Waals surface area contributed by atoms with Gasteiger partial charge in [0, 0.05) is 38.7 Å². The predicted octanol–water partition coefficient (Wildman–Crippen LogP) is 3.32. The number of ether oxygens (including phenoxy) is 1. The van der Waals surface area contributed by atoms with Gasteiger partial charge in [-0.3, -0.25) is 4.99 Å². The molecule has 0 aromatic carbocycles. The zero-order chi connectivity index (χ0) is 15.8. The molecule has 124 valence electrons. The van der Waals surface area contributed by atoms with E-state index in [2.05, 4.69) is 21.7 Å². The van der Waals surface area contributed by atoms with Crippen LogP contribution in [0.4, 0.5) is 0 Å². The molecule has 0 aliphatic heterocycles. The molecule has 0 atom stereocenters. The lowest BCUT2D eigenvalue weighted by atomic mass is 9.67. The number of methoxy groups -OCH3 is 1. The molecule has 0 saturated heterocycles. The van der Waals surface area contributed by atoms with Crippen LogP contribution in [0.1, 0.15) is 30.6 Å². The van der Waals surface area contributed by atoms with Gasteiger partial charge in [0.05, 0.1) is 4.34 Å². The Hall–Kier alpha value is -0.780. The molecule has 6 heteroatoms. The number of hydrogen-bond donors (Lipinski definition) is 2. The highest BCUT2D eigenvalue weighted by molar-refractivity contribution is 7.16. The van der Waals surface area contributed by atoms with Crippen molar-refractivity contribution in [3.8, 4) is 0 Å². The van der Waals surface area contributed by atoms with Crippen LogP contribution in [-0.4, -0.2) is 39.8 Å². The number of guanidine groups is 1. The van der Waals surface area contributed by atoms with Gasteiger partial charge in [0.25, 0.3) is 0 Å². The van der Waals surface area contributed by atoms with E-state index in [9.17, 15) is 0 Å². The lowest BCUT2D eigenvalue weighted by Crippen LogP contribution is -2.47. The summed E-state index contributed by atoms with van der Waals surface area (Å²) in [5.74, 6) is 0.881. The summed E-state index contributed by atoms with van der Waals surface area (Å²) >= 11 is 7.58. The van der Waals surface area contributed by atoms with Crippen molar-refractivity contribution in [3.63, 3.8) is 0 Å². The fraction of sp³-hybridized carbons (Fsp3) is 0.688. The molecule has 4 nitrogen and oxygen atoms in total. The van der Waals surface area contributed by atoms with Gasteiger partial charge in [-0.2, -0.15) is 0 Å². The fourth-order valence-electron chi connectivity index (χ4n) is 2.79. The minimum absolute atomic E-state index is 0.398. The van der Waals surface area contributed by atoms with E-state index < -0.39 is 0 Å². The van der Waals surface area contributed by atoms with E-state index in [1.165, 1.54) is 24.1 Å². The van der Waals surface area contributed by atoms with Gasteiger partial charge in [-0.15, -0.1) is 11.3 Å². The molecule has 0 bridgehead atoms. The number of halogens is 1. The van der Waals surface area contributed by atoms with Crippen molar-refractivity contribution in [2.75, 3.05) is 33.9 Å². The Morgan fingerprint density at radius 3 is 2.77 bits per heavy atom. The van der Waals surface area contributed by atoms with Crippen molar-refractivity contribution in [1.29, 1.82) is 0 Å². The monoisotopic (exact) mass is 343 g/mol. The summed E-state index contributed by atoms with van der Waals surface area (Å²) in [6.07, 6.45) is 5.99. The summed E-state index contributed by atoms with van der Waals surface area (Å²) in [6.45, 7) is 2.68. The van der Waals surface area contributed by atoms with Crippen molar-refractivity contribution in [3.05, 3.63) is 21.3 Å². The van der Waals surface area contributed by atoms with Crippen molar-refractivity contribution in [2.45, 2.75) is 32.1 Å². The van der Waals surface area contributed by atoms with Crippen LogP contribution in [0.5, 0.6) is 0 Å². The first-order chi connectivity index (χ1) is 10.7. The molecule has 0 spiro atoms. The molecule has 1 aromatic rings. The molecular weight excluding hydrogens is 318 g/mol. The highest BCUT2D eigenvalue weighted by atomic mass is 35.5. The third-order valence-electron chi connectivity index (χ3n) is 4.40. The lowest BCUT2D eigenvalue weighted by Gasteiger charge is -2.42. The summed E-state index contributed by atoms with van der Waals surface area (Å²) in [5, 5.41) is 6.85. The van der Waals surface area contributed by atoms with Gasteiger partial charge in [-0.1, -0.05) is 18.0 Å². The number of thiophene rings is 1. The first-order valence-corrected chi connectivity index (χ1v) is 9.04. The standard InChI is InChI=1S/C16H26ClN3OS/c1-18-15(19-10-6-13-4-5-14(17)22-13)20-12-16(7-3-8-16)9-11-21-2/h4-5H,3,6-12H2,1-2H3,(H2,18,19,20). The largest absolute Gasteiger partial charge is 0.385 e. The van der Waals surface area contributed by atoms with Crippen LogP contribution in [0.15, 0.2) is 17.1 Å². The maximum Gasteiger partial charge on any atom is 0.191 e. The van der Waals surface area contributed by atoms with Crippen molar-refractivity contribution in [2.24, 2.45) is 10.4 Å². The molecule has 0 radical (unpaired) electrons. The molecule has 2 N–H and O–H groups in total. The number of rotatable bonds is 8. The second kappa shape index (κ2) is 8.75. The maximum absolute atomic E-state index is 5.94. The summed E-state index contributed by atoms with van der Waals surface area (Å²) in [7, 11) is 3.59. The Morgan fingerprint density at radius 2 is 2.23 bits per heavy atom. The van der Waals surface area contributed by atoms with E-state index in [0.29, 0.717) is 5.41 Å². The zero-order valence-electron chi connectivity index (χ0n) is 13.5. The minimum Gasteiger partial charge on any atom is -0.385 e. The second-order valence-electron chi connectivity index (χ2n) is 5.90. The Balaban J connectivity index is 1.70. The van der Waals surface area contributed by atoms with E-state index in [0.717, 1.165) is 42.8 Å². The molecule has 22 heavy (non-hydrogen) atoms. The highest BCUT2D eigenvalue weighted by Crippen LogP contribution is 2.43. The molecule has 2 rings (SSSR count). The average Bonchev–Trinajstić information content (AvgIpc) is 2.89. The van der Waals surface area contributed by atoms with E-state index in [-0.39, 0.29) is 0 Å². The smallest absolute Gasteiger partial charge is 0.191 e. The molecule has 1 aliphatic carbocycles. The Bertz CT molecular complexity index is 485. The van der Waals surface area contributed by atoms with E-state index >= 15 is 0 Å². The maximum atomic E-state index is 5.94. The van der Waals surface area contributed by atoms with Crippen LogP contribution < -0.4 is 10.6 Å². The number of nitrogens with zero attached hydrogens (tertiary/aromatic N) is 1. The lowest BCUT2D eigenvalue weighted by molar-refractivity contribution is 0.0732. The summed E-state index contributed by atoms with van der Waals surface area (Å²) in [4.78, 5) is 5.60. The molecule has 0 unspecified atom stereocenters. The number of hydrogen-bond acceptors (Lipinski definition) is 3. The SMILES string of the molecule is CN=C(NCCc1ccc(Cl)s1)NCC1(CCOC)CCC1. The molecule has 1 aliphatic rings. The van der Waals surface area contributed by atoms with Gasteiger partial charge < -0.3 is 15.4 Å². The van der Waals surface area contributed by atoms with Crippen LogP contribution in [0.3, 0.4) is 0 Å². The molecule has 1 aromatic heterocycles. The quantitative estimate of drug-likeness (QED) is 0.562. The summed E-state index contributed by atoms with van der Waals surface area (Å²) in [6, 6.07) is 4.03. The third-order valence-corrected chi connectivity index (χ3v) is 5.69. The number of aliphatic imine (C=N–C) groups is 1. The summed E-state index contributed by atoms with van der Waals surface area (Å²) < 4.78 is 6.09. The minimum atomic E-state index is 0.398. The molecular formula is C16H26ClN3OS. The van der Waals surface area contributed by atoms with Gasteiger partial charge in [0.2, 0.25) is 0 Å². The van der Waals surface area contributed by atoms with Crippen LogP contribution in [0.2, 0.25) is 4.34 Å². The van der Waals surface area contributed by atoms with Gasteiger partial charge in [0.15, 0.2) is 5.96 Å². The van der Waals surface area contributed by atoms with Crippen LogP contribution in [0.25, 0.3) is 0 Å². The van der Waals surface area contributed by atoms with Crippen LogP contribution in [0, 0.1) is 5.41 Å². The first kappa shape index (κ1) is 17.6. The van der Waals surface area contributed by atoms with E-state index in [1.807, 2.05) is 13.1 Å². The molecule has 1 heterocycles. The van der Waals surface area contributed by atoms with Crippen LogP contribution >= 0.6 is 22.9 Å². The Morgan fingerprint density at radius 1 is 1.41 bits per heavy atom. The Labute approximate surface area is 142 Å². The fourth-order valence-corrected chi connectivity index (χ4v) is 3.88. The van der Waals surface area contributed by atoms with E-state index in [1.54, 1.807) is 18.4 Å². The highest BCUT2D eigenvalue weighted by Gasteiger charge is 2.36. The summed E-state index contributed by atoms with van der Waals surface area (Å²) in [5.41, 5.74) is 0.398. The normalized spacial score (nSPS) is 17.1. The first-order valence-electron chi connectivity index (χ1n) is 7.85. The van der Waals surface area contributed by atoms with Gasteiger partial charge in [-0.25, -0.2) is 0 Å². The second-order valence-corrected chi connectivity index (χ2v) is 7.70. The predicted molar refractivity (Wildman–Crippen MR) is 95.2 cm³/mol. The van der Waals surface area contributed by atoms with Crippen LogP contribution in [-0.2, 0) is 11.2 Å². The van der Waals surface area contributed by atoms with Gasteiger partial charge in [-0.05, 0) is 43.2 Å². The molecule has 1 fully saturated rings. The molecule has 1 saturated carbocycles. The van der Waals surface area contributed by atoms with Gasteiger partial charge in [0.1, 0.15) is 0 Å². The molecule has 0 amide bonds. The zero-order valence-corrected chi connectivity index (χ0v) is 15.0.